The van der Waals surface area contributed by atoms with Crippen molar-refractivity contribution in [2.24, 2.45) is 0 Å². The van der Waals surface area contributed by atoms with Gasteiger partial charge in [-0.15, -0.1) is 0 Å². The van der Waals surface area contributed by atoms with Gasteiger partial charge in [0.15, 0.2) is 0 Å². The van der Waals surface area contributed by atoms with E-state index >= 15 is 0 Å². The number of hydrogen-bond donors (Lipinski definition) is 2. The standard InChI is InChI=1S/C15H19ClN2O/c1-2-3-4-5-9-17-15(19)13-10-11-7-6-8-12(16)14(11)18-13/h6-8,10,18H,2-5,9H2,1H3,(H,17,19). The SMILES string of the molecule is CCCCCCNC(=O)c1cc2cccc(Cl)c2[nH]1. The van der Waals surface area contributed by atoms with E-state index in [-0.39, 0.29) is 5.91 Å². The molecule has 0 aliphatic heterocycles. The predicted octanol–water partition coefficient (Wildman–Crippen LogP) is 4.13. The summed E-state index contributed by atoms with van der Waals surface area (Å²) in [5, 5.41) is 4.53. The first-order chi connectivity index (χ1) is 9.22. The number of unbranched alkanes of at least 4 members (excludes halogenated alkanes) is 3. The minimum atomic E-state index is -0.0660. The first-order valence-electron chi connectivity index (χ1n) is 6.78. The Morgan fingerprint density at radius 3 is 2.89 bits per heavy atom. The fraction of sp³-hybridized carbons (Fsp3) is 0.400. The number of para-hydroxylation sites is 1. The molecule has 2 aromatic rings. The molecular weight excluding hydrogens is 260 g/mol. The maximum atomic E-state index is 12.0. The lowest BCUT2D eigenvalue weighted by molar-refractivity contribution is 0.0949. The predicted molar refractivity (Wildman–Crippen MR) is 79.8 cm³/mol. The van der Waals surface area contributed by atoms with Gasteiger partial charge in [0.25, 0.3) is 5.91 Å². The van der Waals surface area contributed by atoms with Crippen LogP contribution in [0.5, 0.6) is 0 Å². The van der Waals surface area contributed by atoms with Crippen LogP contribution in [-0.4, -0.2) is 17.4 Å². The van der Waals surface area contributed by atoms with E-state index in [2.05, 4.69) is 17.2 Å². The second-order valence-electron chi connectivity index (χ2n) is 4.70. The zero-order valence-corrected chi connectivity index (χ0v) is 11.9. The van der Waals surface area contributed by atoms with Crippen molar-refractivity contribution in [2.75, 3.05) is 6.54 Å². The fourth-order valence-electron chi connectivity index (χ4n) is 2.09. The lowest BCUT2D eigenvalue weighted by atomic mass is 10.2. The van der Waals surface area contributed by atoms with Crippen molar-refractivity contribution in [1.29, 1.82) is 0 Å². The number of benzene rings is 1. The van der Waals surface area contributed by atoms with Gasteiger partial charge in [0, 0.05) is 11.9 Å². The normalized spacial score (nSPS) is 10.8. The average Bonchev–Trinajstić information content (AvgIpc) is 2.84. The first-order valence-corrected chi connectivity index (χ1v) is 7.15. The summed E-state index contributed by atoms with van der Waals surface area (Å²) in [5.41, 5.74) is 1.39. The molecule has 3 nitrogen and oxygen atoms in total. The molecule has 0 radical (unpaired) electrons. The molecule has 0 atom stereocenters. The molecule has 1 amide bonds. The highest BCUT2D eigenvalue weighted by atomic mass is 35.5. The van der Waals surface area contributed by atoms with Crippen LogP contribution in [0.2, 0.25) is 5.02 Å². The molecular formula is C15H19ClN2O. The van der Waals surface area contributed by atoms with Crippen molar-refractivity contribution < 1.29 is 4.79 Å². The van der Waals surface area contributed by atoms with Gasteiger partial charge in [-0.3, -0.25) is 4.79 Å². The highest BCUT2D eigenvalue weighted by Gasteiger charge is 2.10. The number of amides is 1. The summed E-state index contributed by atoms with van der Waals surface area (Å²) >= 11 is 6.07. The molecule has 19 heavy (non-hydrogen) atoms. The van der Waals surface area contributed by atoms with Gasteiger partial charge in [-0.2, -0.15) is 0 Å². The summed E-state index contributed by atoms with van der Waals surface area (Å²) in [6.07, 6.45) is 4.61. The molecule has 0 bridgehead atoms. The van der Waals surface area contributed by atoms with E-state index in [1.165, 1.54) is 12.8 Å². The molecule has 0 saturated carbocycles. The van der Waals surface area contributed by atoms with Gasteiger partial charge in [-0.25, -0.2) is 0 Å². The number of halogens is 1. The average molecular weight is 279 g/mol. The van der Waals surface area contributed by atoms with Gasteiger partial charge in [-0.1, -0.05) is 49.9 Å². The van der Waals surface area contributed by atoms with Gasteiger partial charge in [0.2, 0.25) is 0 Å². The quantitative estimate of drug-likeness (QED) is 0.767. The lowest BCUT2D eigenvalue weighted by Crippen LogP contribution is -2.24. The van der Waals surface area contributed by atoms with E-state index in [1.54, 1.807) is 0 Å². The van der Waals surface area contributed by atoms with Gasteiger partial charge in [0.05, 0.1) is 10.5 Å². The molecule has 0 saturated heterocycles. The minimum absolute atomic E-state index is 0.0660. The molecule has 1 heterocycles. The van der Waals surface area contributed by atoms with Crippen LogP contribution in [0.1, 0.15) is 43.1 Å². The van der Waals surface area contributed by atoms with Crippen LogP contribution in [0, 0.1) is 0 Å². The Morgan fingerprint density at radius 1 is 1.32 bits per heavy atom. The van der Waals surface area contributed by atoms with E-state index in [4.69, 9.17) is 11.6 Å². The van der Waals surface area contributed by atoms with Crippen molar-refractivity contribution in [3.63, 3.8) is 0 Å². The molecule has 0 aliphatic rings. The lowest BCUT2D eigenvalue weighted by Gasteiger charge is -2.02. The van der Waals surface area contributed by atoms with Crippen molar-refractivity contribution in [1.82, 2.24) is 10.3 Å². The third kappa shape index (κ3) is 3.51. The van der Waals surface area contributed by atoms with Crippen LogP contribution in [0.25, 0.3) is 10.9 Å². The molecule has 4 heteroatoms. The molecule has 0 unspecified atom stereocenters. The number of hydrogen-bond acceptors (Lipinski definition) is 1. The van der Waals surface area contributed by atoms with Crippen LogP contribution in [-0.2, 0) is 0 Å². The third-order valence-electron chi connectivity index (χ3n) is 3.17. The summed E-state index contributed by atoms with van der Waals surface area (Å²) in [5.74, 6) is -0.0660. The van der Waals surface area contributed by atoms with E-state index < -0.39 is 0 Å². The Labute approximate surface area is 118 Å². The van der Waals surface area contributed by atoms with E-state index in [0.29, 0.717) is 10.7 Å². The Hall–Kier alpha value is -1.48. The molecule has 0 fully saturated rings. The third-order valence-corrected chi connectivity index (χ3v) is 3.48. The smallest absolute Gasteiger partial charge is 0.267 e. The van der Waals surface area contributed by atoms with Crippen molar-refractivity contribution in [2.45, 2.75) is 32.6 Å². The van der Waals surface area contributed by atoms with Gasteiger partial charge < -0.3 is 10.3 Å². The summed E-state index contributed by atoms with van der Waals surface area (Å²) in [6, 6.07) is 7.47. The van der Waals surface area contributed by atoms with Crippen LogP contribution in [0.3, 0.4) is 0 Å². The van der Waals surface area contributed by atoms with Gasteiger partial charge >= 0.3 is 0 Å². The van der Waals surface area contributed by atoms with Crippen molar-refractivity contribution in [3.8, 4) is 0 Å². The number of nitrogens with one attached hydrogen (secondary N) is 2. The van der Waals surface area contributed by atoms with Gasteiger partial charge in [-0.05, 0) is 18.6 Å². The molecule has 2 N–H and O–H groups in total. The molecule has 102 valence electrons. The number of carbonyl (C=O) groups is 1. The van der Waals surface area contributed by atoms with E-state index in [0.717, 1.165) is 30.3 Å². The van der Waals surface area contributed by atoms with Crippen LogP contribution < -0.4 is 5.32 Å². The Kier molecular flexibility index (Phi) is 4.86. The Morgan fingerprint density at radius 2 is 2.16 bits per heavy atom. The molecule has 2 rings (SSSR count). The molecule has 0 aliphatic carbocycles. The van der Waals surface area contributed by atoms with Crippen molar-refractivity contribution >= 4 is 28.4 Å². The summed E-state index contributed by atoms with van der Waals surface area (Å²) in [4.78, 5) is 15.0. The minimum Gasteiger partial charge on any atom is -0.351 e. The summed E-state index contributed by atoms with van der Waals surface area (Å²) < 4.78 is 0. The second-order valence-corrected chi connectivity index (χ2v) is 5.11. The largest absolute Gasteiger partial charge is 0.351 e. The zero-order chi connectivity index (χ0) is 13.7. The zero-order valence-electron chi connectivity index (χ0n) is 11.1. The Balaban J connectivity index is 1.96. The highest BCUT2D eigenvalue weighted by molar-refractivity contribution is 6.35. The topological polar surface area (TPSA) is 44.9 Å². The number of aromatic amines is 1. The second kappa shape index (κ2) is 6.62. The number of rotatable bonds is 6. The maximum Gasteiger partial charge on any atom is 0.267 e. The first kappa shape index (κ1) is 13.9. The number of H-pyrrole nitrogens is 1. The summed E-state index contributed by atoms with van der Waals surface area (Å²) in [7, 11) is 0. The molecule has 1 aromatic carbocycles. The monoisotopic (exact) mass is 278 g/mol. The fourth-order valence-corrected chi connectivity index (χ4v) is 2.32. The number of fused-ring (bicyclic) bond motifs is 1. The highest BCUT2D eigenvalue weighted by Crippen LogP contribution is 2.23. The van der Waals surface area contributed by atoms with Crippen molar-refractivity contribution in [3.05, 3.63) is 35.0 Å². The Bertz CT molecular complexity index is 562. The molecule has 1 aromatic heterocycles. The van der Waals surface area contributed by atoms with E-state index in [1.807, 2.05) is 24.3 Å². The van der Waals surface area contributed by atoms with Crippen LogP contribution in [0.4, 0.5) is 0 Å². The maximum absolute atomic E-state index is 12.0. The number of carbonyl (C=O) groups excluding carboxylic acids is 1. The number of aromatic nitrogens is 1. The molecule has 0 spiro atoms. The van der Waals surface area contributed by atoms with Crippen LogP contribution in [0.15, 0.2) is 24.3 Å². The van der Waals surface area contributed by atoms with Gasteiger partial charge in [0.1, 0.15) is 5.69 Å². The van der Waals surface area contributed by atoms with Crippen LogP contribution >= 0.6 is 11.6 Å². The summed E-state index contributed by atoms with van der Waals surface area (Å²) in [6.45, 7) is 2.90. The van der Waals surface area contributed by atoms with E-state index in [9.17, 15) is 4.79 Å².